The first-order valence-electron chi connectivity index (χ1n) is 10.1. The van der Waals surface area contributed by atoms with Crippen LogP contribution in [-0.4, -0.2) is 51.9 Å². The number of carbonyl (C=O) groups excluding carboxylic acids is 1. The zero-order valence-electron chi connectivity index (χ0n) is 17.6. The zero-order valence-corrected chi connectivity index (χ0v) is 17.6. The lowest BCUT2D eigenvalue weighted by Crippen LogP contribution is -2.49. The van der Waals surface area contributed by atoms with Crippen LogP contribution in [0.1, 0.15) is 27.0 Å². The molecule has 0 aliphatic carbocycles. The molecule has 3 heterocycles. The molecule has 154 valence electrons. The van der Waals surface area contributed by atoms with Crippen molar-refractivity contribution in [1.82, 2.24) is 19.9 Å². The summed E-state index contributed by atoms with van der Waals surface area (Å²) in [7, 11) is 0. The van der Waals surface area contributed by atoms with Crippen molar-refractivity contribution in [2.45, 2.75) is 20.8 Å². The molecular formula is C23H26N6O. The predicted octanol–water partition coefficient (Wildman–Crippen LogP) is 3.50. The number of rotatable bonds is 4. The number of hydrogen-bond acceptors (Lipinski definition) is 6. The molecule has 1 saturated heterocycles. The quantitative estimate of drug-likeness (QED) is 0.720. The number of pyridine rings is 1. The van der Waals surface area contributed by atoms with E-state index >= 15 is 0 Å². The highest BCUT2D eigenvalue weighted by Crippen LogP contribution is 2.20. The molecule has 1 aliphatic heterocycles. The van der Waals surface area contributed by atoms with E-state index in [0.29, 0.717) is 18.9 Å². The van der Waals surface area contributed by atoms with Crippen LogP contribution in [0.5, 0.6) is 0 Å². The second kappa shape index (κ2) is 8.49. The number of nitrogens with zero attached hydrogens (tertiary/aromatic N) is 5. The Kier molecular flexibility index (Phi) is 5.61. The Bertz CT molecular complexity index is 1060. The van der Waals surface area contributed by atoms with Gasteiger partial charge in [-0.25, -0.2) is 15.0 Å². The van der Waals surface area contributed by atoms with Crippen molar-refractivity contribution in [3.8, 4) is 0 Å². The molecular weight excluding hydrogens is 376 g/mol. The summed E-state index contributed by atoms with van der Waals surface area (Å²) in [5, 5.41) is 3.23. The Morgan fingerprint density at radius 3 is 2.37 bits per heavy atom. The molecule has 7 heteroatoms. The van der Waals surface area contributed by atoms with E-state index in [4.69, 9.17) is 0 Å². The third kappa shape index (κ3) is 4.40. The third-order valence-corrected chi connectivity index (χ3v) is 5.47. The number of piperazine rings is 1. The summed E-state index contributed by atoms with van der Waals surface area (Å²) in [5.41, 5.74) is 4.23. The van der Waals surface area contributed by atoms with Crippen molar-refractivity contribution in [3.63, 3.8) is 0 Å². The number of hydrogen-bond donors (Lipinski definition) is 1. The van der Waals surface area contributed by atoms with Gasteiger partial charge in [-0.15, -0.1) is 0 Å². The molecule has 1 amide bonds. The average Bonchev–Trinajstić information content (AvgIpc) is 2.75. The second-order valence-electron chi connectivity index (χ2n) is 7.68. The van der Waals surface area contributed by atoms with Crippen LogP contribution in [-0.2, 0) is 0 Å². The van der Waals surface area contributed by atoms with Gasteiger partial charge in [0, 0.05) is 44.0 Å². The van der Waals surface area contributed by atoms with Crippen LogP contribution in [0.25, 0.3) is 0 Å². The highest BCUT2D eigenvalue weighted by Gasteiger charge is 2.23. The third-order valence-electron chi connectivity index (χ3n) is 5.47. The summed E-state index contributed by atoms with van der Waals surface area (Å²) in [5.74, 6) is 2.39. The van der Waals surface area contributed by atoms with Gasteiger partial charge >= 0.3 is 0 Å². The summed E-state index contributed by atoms with van der Waals surface area (Å²) in [6, 6.07) is 11.8. The minimum atomic E-state index is 0.0910. The molecule has 0 bridgehead atoms. The molecule has 1 aromatic carbocycles. The number of carbonyl (C=O) groups is 1. The average molecular weight is 403 g/mol. The lowest BCUT2D eigenvalue weighted by atomic mass is 10.1. The highest BCUT2D eigenvalue weighted by molar-refractivity contribution is 5.94. The SMILES string of the molecule is Cc1ccnc(Nc2cc(N3CCN(C(=O)c4ccc(C)c(C)c4)CC3)ncn2)c1. The van der Waals surface area contributed by atoms with E-state index in [2.05, 4.69) is 32.1 Å². The molecule has 1 fully saturated rings. The molecule has 0 spiro atoms. The van der Waals surface area contributed by atoms with Gasteiger partial charge in [-0.3, -0.25) is 4.79 Å². The smallest absolute Gasteiger partial charge is 0.253 e. The van der Waals surface area contributed by atoms with Crippen LogP contribution in [0.3, 0.4) is 0 Å². The summed E-state index contributed by atoms with van der Waals surface area (Å²) >= 11 is 0. The lowest BCUT2D eigenvalue weighted by molar-refractivity contribution is 0.0746. The Labute approximate surface area is 176 Å². The molecule has 2 aromatic heterocycles. The summed E-state index contributed by atoms with van der Waals surface area (Å²) in [6.07, 6.45) is 3.33. The molecule has 0 atom stereocenters. The maximum absolute atomic E-state index is 12.9. The highest BCUT2D eigenvalue weighted by atomic mass is 16.2. The number of nitrogens with one attached hydrogen (secondary N) is 1. The number of amides is 1. The van der Waals surface area contributed by atoms with Crippen LogP contribution >= 0.6 is 0 Å². The van der Waals surface area contributed by atoms with Gasteiger partial charge in [0.2, 0.25) is 0 Å². The van der Waals surface area contributed by atoms with Crippen molar-refractivity contribution in [2.75, 3.05) is 36.4 Å². The fraction of sp³-hybridized carbons (Fsp3) is 0.304. The number of aromatic nitrogens is 3. The van der Waals surface area contributed by atoms with E-state index in [1.54, 1.807) is 12.5 Å². The molecule has 30 heavy (non-hydrogen) atoms. The van der Waals surface area contributed by atoms with Crippen molar-refractivity contribution < 1.29 is 4.79 Å². The molecule has 0 unspecified atom stereocenters. The summed E-state index contributed by atoms with van der Waals surface area (Å²) < 4.78 is 0. The van der Waals surface area contributed by atoms with Crippen LogP contribution in [0, 0.1) is 20.8 Å². The monoisotopic (exact) mass is 402 g/mol. The van der Waals surface area contributed by atoms with E-state index in [9.17, 15) is 4.79 Å². The standard InChI is InChI=1S/C23H26N6O/c1-16-6-7-24-20(12-16)27-21-14-22(26-15-25-21)28-8-10-29(11-9-28)23(30)19-5-4-17(2)18(3)13-19/h4-7,12-15H,8-11H2,1-3H3,(H,24,25,26,27). The van der Waals surface area contributed by atoms with E-state index in [-0.39, 0.29) is 5.91 Å². The number of anilines is 3. The number of aryl methyl sites for hydroxylation is 3. The minimum Gasteiger partial charge on any atom is -0.353 e. The first kappa shape index (κ1) is 19.8. The summed E-state index contributed by atoms with van der Waals surface area (Å²) in [4.78, 5) is 30.0. The molecule has 0 radical (unpaired) electrons. The maximum atomic E-state index is 12.9. The Morgan fingerprint density at radius 2 is 1.63 bits per heavy atom. The first-order valence-corrected chi connectivity index (χ1v) is 10.1. The molecule has 3 aromatic rings. The second-order valence-corrected chi connectivity index (χ2v) is 7.68. The van der Waals surface area contributed by atoms with Gasteiger partial charge in [-0.2, -0.15) is 0 Å². The van der Waals surface area contributed by atoms with Crippen molar-refractivity contribution in [3.05, 3.63) is 71.2 Å². The van der Waals surface area contributed by atoms with Crippen LogP contribution in [0.4, 0.5) is 17.5 Å². The van der Waals surface area contributed by atoms with E-state index in [0.717, 1.165) is 41.4 Å². The molecule has 1 N–H and O–H groups in total. The van der Waals surface area contributed by atoms with E-state index < -0.39 is 0 Å². The van der Waals surface area contributed by atoms with Gasteiger partial charge in [0.1, 0.15) is 23.8 Å². The largest absolute Gasteiger partial charge is 0.353 e. The van der Waals surface area contributed by atoms with Crippen molar-refractivity contribution in [1.29, 1.82) is 0 Å². The van der Waals surface area contributed by atoms with Crippen LogP contribution in [0.2, 0.25) is 0 Å². The minimum absolute atomic E-state index is 0.0910. The van der Waals surface area contributed by atoms with Crippen LogP contribution < -0.4 is 10.2 Å². The van der Waals surface area contributed by atoms with E-state index in [1.807, 2.05) is 55.1 Å². The zero-order chi connectivity index (χ0) is 21.1. The first-order chi connectivity index (χ1) is 14.5. The van der Waals surface area contributed by atoms with Crippen molar-refractivity contribution in [2.24, 2.45) is 0 Å². The maximum Gasteiger partial charge on any atom is 0.253 e. The predicted molar refractivity (Wildman–Crippen MR) is 118 cm³/mol. The summed E-state index contributed by atoms with van der Waals surface area (Å²) in [6.45, 7) is 8.91. The Hall–Kier alpha value is -3.48. The van der Waals surface area contributed by atoms with Crippen LogP contribution in [0.15, 0.2) is 48.9 Å². The fourth-order valence-electron chi connectivity index (χ4n) is 3.52. The van der Waals surface area contributed by atoms with Gasteiger partial charge in [-0.1, -0.05) is 6.07 Å². The fourth-order valence-corrected chi connectivity index (χ4v) is 3.52. The topological polar surface area (TPSA) is 74.2 Å². The van der Waals surface area contributed by atoms with Gasteiger partial charge < -0.3 is 15.1 Å². The number of benzene rings is 1. The molecule has 1 aliphatic rings. The molecule has 7 nitrogen and oxygen atoms in total. The molecule has 0 saturated carbocycles. The Balaban J connectivity index is 1.40. The van der Waals surface area contributed by atoms with Crippen molar-refractivity contribution >= 4 is 23.4 Å². The Morgan fingerprint density at radius 1 is 0.867 bits per heavy atom. The van der Waals surface area contributed by atoms with Gasteiger partial charge in [0.25, 0.3) is 5.91 Å². The van der Waals surface area contributed by atoms with Gasteiger partial charge in [-0.05, 0) is 61.7 Å². The molecule has 4 rings (SSSR count). The van der Waals surface area contributed by atoms with E-state index in [1.165, 1.54) is 5.56 Å². The van der Waals surface area contributed by atoms with Gasteiger partial charge in [0.15, 0.2) is 0 Å². The van der Waals surface area contributed by atoms with Gasteiger partial charge in [0.05, 0.1) is 0 Å². The lowest BCUT2D eigenvalue weighted by Gasteiger charge is -2.35. The normalized spacial score (nSPS) is 14.0.